The van der Waals surface area contributed by atoms with Crippen LogP contribution in [0.15, 0.2) is 36.4 Å². The molecule has 3 aromatic carbocycles. The van der Waals surface area contributed by atoms with E-state index >= 15 is 0 Å². The van der Waals surface area contributed by atoms with Crippen molar-refractivity contribution in [2.24, 2.45) is 0 Å². The topological polar surface area (TPSA) is 154 Å². The van der Waals surface area contributed by atoms with Crippen molar-refractivity contribution in [3.8, 4) is 11.5 Å². The molecule has 3 aromatic rings. The largest absolute Gasteiger partial charge is 0.507 e. The molecule has 0 unspecified atom stereocenters. The summed E-state index contributed by atoms with van der Waals surface area (Å²) < 4.78 is 12.0. The Hall–Kier alpha value is -3.34. The second kappa shape index (κ2) is 7.83. The number of ether oxygens (including phenoxy) is 2. The summed E-state index contributed by atoms with van der Waals surface area (Å²) in [5.41, 5.74) is 1.25. The lowest BCUT2D eigenvalue weighted by molar-refractivity contribution is -0.342. The minimum absolute atomic E-state index is 0.0123. The number of rotatable bonds is 1. The van der Waals surface area contributed by atoms with Gasteiger partial charge in [0.05, 0.1) is 17.7 Å². The summed E-state index contributed by atoms with van der Waals surface area (Å²) in [5.74, 6) is -3.25. The van der Waals surface area contributed by atoms with Gasteiger partial charge in [-0.2, -0.15) is 0 Å². The van der Waals surface area contributed by atoms with Gasteiger partial charge in [-0.15, -0.1) is 0 Å². The van der Waals surface area contributed by atoms with Crippen LogP contribution in [-0.2, 0) is 11.2 Å². The predicted octanol–water partition coefficient (Wildman–Crippen LogP) is 1.12. The number of fused-ring (bicyclic) bond motifs is 7. The maximum Gasteiger partial charge on any atom is 0.240 e. The van der Waals surface area contributed by atoms with Crippen LogP contribution in [0.5, 0.6) is 11.5 Å². The Kier molecular flexibility index (Phi) is 5.02. The fourth-order valence-corrected chi connectivity index (χ4v) is 5.77. The van der Waals surface area contributed by atoms with Crippen molar-refractivity contribution in [1.82, 2.24) is 0 Å². The van der Waals surface area contributed by atoms with E-state index in [-0.39, 0.29) is 46.6 Å². The fraction of sp³-hybridized carbons (Fsp3) is 0.333. The Morgan fingerprint density at radius 2 is 1.69 bits per heavy atom. The summed E-state index contributed by atoms with van der Waals surface area (Å²) in [6.07, 6.45) is -5.89. The Morgan fingerprint density at radius 3 is 2.42 bits per heavy atom. The van der Waals surface area contributed by atoms with Crippen molar-refractivity contribution in [2.75, 3.05) is 6.61 Å². The third kappa shape index (κ3) is 2.95. The molecule has 1 spiro atoms. The second-order valence-electron chi connectivity index (χ2n) is 9.65. The number of carbonyl (C=O) groups excluding carboxylic acids is 2. The molecule has 0 saturated carbocycles. The number of phenols is 1. The number of carbonyl (C=O) groups is 2. The molecule has 6 rings (SSSR count). The first-order valence-corrected chi connectivity index (χ1v) is 11.7. The average molecular weight is 492 g/mol. The maximum atomic E-state index is 13.9. The van der Waals surface area contributed by atoms with E-state index in [0.29, 0.717) is 21.9 Å². The van der Waals surface area contributed by atoms with Crippen molar-refractivity contribution < 1.29 is 44.6 Å². The zero-order valence-corrected chi connectivity index (χ0v) is 19.3. The van der Waals surface area contributed by atoms with E-state index < -0.39 is 48.4 Å². The van der Waals surface area contributed by atoms with Crippen molar-refractivity contribution in [3.05, 3.63) is 69.8 Å². The van der Waals surface area contributed by atoms with Crippen LogP contribution in [-0.4, -0.2) is 73.9 Å². The van der Waals surface area contributed by atoms with Crippen LogP contribution in [0.2, 0.25) is 0 Å². The Balaban J connectivity index is 1.62. The molecule has 36 heavy (non-hydrogen) atoms. The van der Waals surface area contributed by atoms with Crippen LogP contribution in [0.4, 0.5) is 0 Å². The van der Waals surface area contributed by atoms with Gasteiger partial charge in [0.2, 0.25) is 11.6 Å². The number of ketones is 2. The molecule has 0 aromatic heterocycles. The van der Waals surface area contributed by atoms with Crippen molar-refractivity contribution in [3.63, 3.8) is 0 Å². The summed E-state index contributed by atoms with van der Waals surface area (Å²) in [6, 6.07) is 10.1. The standard InChI is InChI=1S/C27H24O9/c1-11-8-15-18(16(29)9-11)23(32)20-19(21(15)30)13-5-3-2-4-12(13)14-6-7-27(36-25(14)20)26(34)24(33)22(31)17(10-28)35-27/h2-5,8-9,17,22,24,26,28-29,31,33-34H,6-7,10H2,1H3/t17-,22-,24+,26-,27+/m1/s1. The second-order valence-corrected chi connectivity index (χ2v) is 9.65. The molecule has 5 N–H and O–H groups in total. The molecule has 9 heteroatoms. The summed E-state index contributed by atoms with van der Waals surface area (Å²) >= 11 is 0. The molecule has 0 radical (unpaired) electrons. The molecule has 0 bridgehead atoms. The van der Waals surface area contributed by atoms with Gasteiger partial charge in [-0.3, -0.25) is 9.59 Å². The number of hydrogen-bond acceptors (Lipinski definition) is 9. The number of benzene rings is 3. The van der Waals surface area contributed by atoms with E-state index in [4.69, 9.17) is 9.47 Å². The number of aliphatic hydroxyl groups excluding tert-OH is 4. The van der Waals surface area contributed by atoms with Gasteiger partial charge in [-0.05, 0) is 41.8 Å². The number of hydrogen-bond donors (Lipinski definition) is 5. The van der Waals surface area contributed by atoms with Crippen LogP contribution < -0.4 is 4.74 Å². The minimum atomic E-state index is -1.88. The highest BCUT2D eigenvalue weighted by molar-refractivity contribution is 6.34. The molecular formula is C27H24O9. The van der Waals surface area contributed by atoms with Gasteiger partial charge in [0.25, 0.3) is 0 Å². The summed E-state index contributed by atoms with van der Waals surface area (Å²) in [7, 11) is 0. The quantitative estimate of drug-likeness (QED) is 0.263. The van der Waals surface area contributed by atoms with E-state index in [2.05, 4.69) is 0 Å². The third-order valence-corrected chi connectivity index (χ3v) is 7.49. The first kappa shape index (κ1) is 23.1. The van der Waals surface area contributed by atoms with Gasteiger partial charge in [-0.1, -0.05) is 24.3 Å². The number of phenolic OH excluding ortho intramolecular Hbond substituents is 1. The highest BCUT2D eigenvalue weighted by Gasteiger charge is 2.57. The fourth-order valence-electron chi connectivity index (χ4n) is 5.77. The monoisotopic (exact) mass is 492 g/mol. The molecule has 1 fully saturated rings. The van der Waals surface area contributed by atoms with Crippen molar-refractivity contribution in [2.45, 2.75) is 50.0 Å². The molecule has 9 nitrogen and oxygen atoms in total. The number of aryl methyl sites for hydroxylation is 2. The van der Waals surface area contributed by atoms with E-state index in [0.717, 1.165) is 0 Å². The lowest BCUT2D eigenvalue weighted by atomic mass is 9.77. The van der Waals surface area contributed by atoms with E-state index in [9.17, 15) is 35.1 Å². The van der Waals surface area contributed by atoms with Gasteiger partial charge in [0.1, 0.15) is 35.9 Å². The zero-order chi connectivity index (χ0) is 25.5. The first-order chi connectivity index (χ1) is 17.2. The van der Waals surface area contributed by atoms with Crippen LogP contribution in [0.25, 0.3) is 10.8 Å². The van der Waals surface area contributed by atoms with Gasteiger partial charge in [-0.25, -0.2) is 0 Å². The van der Waals surface area contributed by atoms with E-state index in [1.807, 2.05) is 6.07 Å². The number of aliphatic hydroxyl groups is 4. The number of aromatic hydroxyl groups is 1. The van der Waals surface area contributed by atoms with Crippen LogP contribution >= 0.6 is 0 Å². The van der Waals surface area contributed by atoms with Gasteiger partial charge >= 0.3 is 0 Å². The summed E-state index contributed by atoms with van der Waals surface area (Å²) in [6.45, 7) is 1.07. The molecule has 3 aliphatic rings. The molecule has 2 aliphatic heterocycles. The van der Waals surface area contributed by atoms with E-state index in [1.165, 1.54) is 6.07 Å². The Morgan fingerprint density at radius 1 is 0.972 bits per heavy atom. The van der Waals surface area contributed by atoms with E-state index in [1.54, 1.807) is 31.2 Å². The van der Waals surface area contributed by atoms with Crippen molar-refractivity contribution in [1.29, 1.82) is 0 Å². The molecule has 1 saturated heterocycles. The zero-order valence-electron chi connectivity index (χ0n) is 19.3. The van der Waals surface area contributed by atoms with Gasteiger partial charge in [0.15, 0.2) is 5.78 Å². The minimum Gasteiger partial charge on any atom is -0.507 e. The molecule has 0 amide bonds. The third-order valence-electron chi connectivity index (χ3n) is 7.49. The Labute approximate surface area is 205 Å². The van der Waals surface area contributed by atoms with Crippen LogP contribution in [0.3, 0.4) is 0 Å². The normalized spacial score (nSPS) is 29.0. The van der Waals surface area contributed by atoms with Gasteiger partial charge < -0.3 is 35.0 Å². The highest BCUT2D eigenvalue weighted by atomic mass is 16.7. The highest BCUT2D eigenvalue weighted by Crippen LogP contribution is 2.49. The average Bonchev–Trinajstić information content (AvgIpc) is 2.87. The van der Waals surface area contributed by atoms with Crippen LogP contribution in [0, 0.1) is 6.92 Å². The SMILES string of the molecule is Cc1cc(O)c2c(c1)C(=O)c1c(c3c(c4ccccc14)CC[C@@]1(O3)O[C@H](CO)[C@@H](O)[C@H](O)[C@H]1O)C2=O. The summed E-state index contributed by atoms with van der Waals surface area (Å²) in [4.78, 5) is 27.6. The first-order valence-electron chi connectivity index (χ1n) is 11.7. The van der Waals surface area contributed by atoms with Gasteiger partial charge in [0, 0.05) is 23.1 Å². The lowest BCUT2D eigenvalue weighted by Crippen LogP contribution is -2.68. The molecule has 1 aliphatic carbocycles. The Bertz CT molecular complexity index is 1460. The van der Waals surface area contributed by atoms with Crippen LogP contribution in [0.1, 0.15) is 49.4 Å². The smallest absolute Gasteiger partial charge is 0.240 e. The molecule has 186 valence electrons. The predicted molar refractivity (Wildman–Crippen MR) is 125 cm³/mol. The van der Waals surface area contributed by atoms with Crippen molar-refractivity contribution >= 4 is 22.3 Å². The molecule has 5 atom stereocenters. The molecule has 2 heterocycles. The maximum absolute atomic E-state index is 13.9. The molecular weight excluding hydrogens is 468 g/mol. The lowest BCUT2D eigenvalue weighted by Gasteiger charge is -2.50. The summed E-state index contributed by atoms with van der Waals surface area (Å²) in [5, 5.41) is 53.1.